The highest BCUT2D eigenvalue weighted by Gasteiger charge is 2.61. The number of fused-ring (bicyclic) bond motifs is 4. The van der Waals surface area contributed by atoms with Crippen LogP contribution in [0.4, 0.5) is 34.1 Å². The van der Waals surface area contributed by atoms with E-state index in [1.165, 1.54) is 60.3 Å². The van der Waals surface area contributed by atoms with E-state index in [9.17, 15) is 0 Å². The molecule has 0 atom stereocenters. The average Bonchev–Trinajstić information content (AvgIpc) is 3.32. The highest BCUT2D eigenvalue weighted by atomic mass is 16.5. The zero-order valence-electron chi connectivity index (χ0n) is 33.7. The molecule has 1 aromatic heterocycles. The third kappa shape index (κ3) is 5.31. The van der Waals surface area contributed by atoms with Crippen molar-refractivity contribution < 1.29 is 4.74 Å². The number of anilines is 6. The van der Waals surface area contributed by atoms with Gasteiger partial charge in [0.15, 0.2) is 29.0 Å². The molecule has 2 aliphatic heterocycles. The Morgan fingerprint density at radius 1 is 0.393 bits per heavy atom. The maximum atomic E-state index is 6.31. The molecular weight excluding hydrogens is 747 g/mol. The van der Waals surface area contributed by atoms with Crippen LogP contribution in [-0.2, 0) is 5.41 Å². The van der Waals surface area contributed by atoms with Crippen molar-refractivity contribution in [3.8, 4) is 45.7 Å². The lowest BCUT2D eigenvalue weighted by Crippen LogP contribution is -2.57. The fourth-order valence-electron chi connectivity index (χ4n) is 12.3. The van der Waals surface area contributed by atoms with E-state index in [1.807, 2.05) is 30.3 Å². The van der Waals surface area contributed by atoms with Crippen molar-refractivity contribution in [3.63, 3.8) is 0 Å². The third-order valence-electron chi connectivity index (χ3n) is 14.5. The Kier molecular flexibility index (Phi) is 7.69. The van der Waals surface area contributed by atoms with E-state index in [0.29, 0.717) is 29.3 Å². The number of hydrogen-bond acceptors (Lipinski definition) is 6. The Hall–Kier alpha value is -7.05. The second-order valence-corrected chi connectivity index (χ2v) is 17.7. The highest BCUT2D eigenvalue weighted by Crippen LogP contribution is 2.69. The minimum absolute atomic E-state index is 0.0642. The van der Waals surface area contributed by atoms with Crippen molar-refractivity contribution in [1.29, 1.82) is 0 Å². The van der Waals surface area contributed by atoms with E-state index < -0.39 is 0 Å². The van der Waals surface area contributed by atoms with Crippen LogP contribution >= 0.6 is 0 Å². The number of nitrogens with zero attached hydrogens (tertiary/aromatic N) is 5. The van der Waals surface area contributed by atoms with Gasteiger partial charge >= 0.3 is 0 Å². The molecule has 4 bridgehead atoms. The quantitative estimate of drug-likeness (QED) is 0.173. The van der Waals surface area contributed by atoms with E-state index >= 15 is 0 Å². The van der Waals surface area contributed by atoms with Crippen LogP contribution in [0.5, 0.6) is 11.5 Å². The molecule has 0 N–H and O–H groups in total. The van der Waals surface area contributed by atoms with Gasteiger partial charge < -0.3 is 14.5 Å². The standard InChI is InChI=1S/C55H43N5O/c1-3-13-37(14-4-1)52-56-53(38-23-26-43(27-24-38)60-48-19-9-11-21-50(48)61-51-22-12-10-20-49(51)60)58-54(57-52)39-25-28-47-45(34-39)55(40-30-35-29-36(32-40)33-41(55)31-35)44-17-7-8-18-46(44)59(47)42-15-5-2-6-16-42/h1-28,34-36,40-41H,29-33H2. The smallest absolute Gasteiger partial charge is 0.164 e. The van der Waals surface area contributed by atoms with E-state index in [0.717, 1.165) is 57.1 Å². The molecule has 0 unspecified atom stereocenters. The average molecular weight is 790 g/mol. The largest absolute Gasteiger partial charge is 0.453 e. The summed E-state index contributed by atoms with van der Waals surface area (Å²) in [6.45, 7) is 0. The molecule has 294 valence electrons. The molecule has 6 aliphatic rings. The number of rotatable bonds is 5. The van der Waals surface area contributed by atoms with Crippen molar-refractivity contribution in [1.82, 2.24) is 15.0 Å². The lowest BCUT2D eigenvalue weighted by atomic mass is 9.41. The van der Waals surface area contributed by atoms with Crippen molar-refractivity contribution in [2.75, 3.05) is 9.80 Å². The molecule has 6 heteroatoms. The predicted molar refractivity (Wildman–Crippen MR) is 243 cm³/mol. The summed E-state index contributed by atoms with van der Waals surface area (Å²) in [5.74, 6) is 6.57. The van der Waals surface area contributed by atoms with Crippen LogP contribution in [0.3, 0.4) is 0 Å². The molecule has 1 spiro atoms. The Bertz CT molecular complexity index is 2910. The van der Waals surface area contributed by atoms with Gasteiger partial charge in [-0.15, -0.1) is 0 Å². The maximum absolute atomic E-state index is 6.31. The monoisotopic (exact) mass is 789 g/mol. The molecule has 3 heterocycles. The molecule has 14 rings (SSSR count). The highest BCUT2D eigenvalue weighted by molar-refractivity contribution is 5.89. The molecule has 0 amide bonds. The topological polar surface area (TPSA) is 54.4 Å². The van der Waals surface area contributed by atoms with Crippen LogP contribution in [0.2, 0.25) is 0 Å². The summed E-state index contributed by atoms with van der Waals surface area (Å²) in [5, 5.41) is 0. The first-order chi connectivity index (χ1) is 30.2. The molecule has 0 saturated heterocycles. The normalized spacial score (nSPS) is 22.6. The molecule has 4 aliphatic carbocycles. The van der Waals surface area contributed by atoms with Crippen molar-refractivity contribution >= 4 is 34.1 Å². The number of hydrogen-bond donors (Lipinski definition) is 0. The van der Waals surface area contributed by atoms with Crippen LogP contribution in [-0.4, -0.2) is 15.0 Å². The van der Waals surface area contributed by atoms with Crippen molar-refractivity contribution in [2.45, 2.75) is 37.5 Å². The van der Waals surface area contributed by atoms with E-state index in [-0.39, 0.29) is 5.41 Å². The summed E-state index contributed by atoms with van der Waals surface area (Å²) < 4.78 is 6.31. The van der Waals surface area contributed by atoms with Gasteiger partial charge in [-0.3, -0.25) is 0 Å². The molecular formula is C55H43N5O. The second-order valence-electron chi connectivity index (χ2n) is 17.7. The van der Waals surface area contributed by atoms with Gasteiger partial charge in [-0.2, -0.15) is 0 Å². The van der Waals surface area contributed by atoms with Crippen LogP contribution in [0.25, 0.3) is 34.2 Å². The maximum Gasteiger partial charge on any atom is 0.164 e. The molecule has 0 radical (unpaired) electrons. The summed E-state index contributed by atoms with van der Waals surface area (Å²) in [5.41, 5.74) is 12.6. The number of benzene rings is 7. The van der Waals surface area contributed by atoms with Gasteiger partial charge in [-0.1, -0.05) is 91.0 Å². The molecule has 6 nitrogen and oxygen atoms in total. The Morgan fingerprint density at radius 2 is 0.852 bits per heavy atom. The van der Waals surface area contributed by atoms with E-state index in [2.05, 4.69) is 155 Å². The van der Waals surface area contributed by atoms with Gasteiger partial charge in [-0.25, -0.2) is 15.0 Å². The molecule has 4 fully saturated rings. The Morgan fingerprint density at radius 3 is 1.49 bits per heavy atom. The van der Waals surface area contributed by atoms with Crippen LogP contribution in [0, 0.1) is 23.7 Å². The summed E-state index contributed by atoms with van der Waals surface area (Å²) in [4.78, 5) is 20.5. The fourth-order valence-corrected chi connectivity index (χ4v) is 12.3. The summed E-state index contributed by atoms with van der Waals surface area (Å²) in [6.07, 6.45) is 6.64. The lowest BCUT2D eigenvalue weighted by Gasteiger charge is -2.64. The van der Waals surface area contributed by atoms with Gasteiger partial charge in [0.25, 0.3) is 0 Å². The van der Waals surface area contributed by atoms with Crippen molar-refractivity contribution in [3.05, 3.63) is 187 Å². The second kappa shape index (κ2) is 13.5. The van der Waals surface area contributed by atoms with Gasteiger partial charge in [0, 0.05) is 33.5 Å². The first-order valence-corrected chi connectivity index (χ1v) is 21.9. The molecule has 8 aromatic rings. The van der Waals surface area contributed by atoms with Crippen LogP contribution in [0.15, 0.2) is 176 Å². The van der Waals surface area contributed by atoms with Crippen LogP contribution < -0.4 is 14.5 Å². The number of para-hydroxylation sites is 6. The van der Waals surface area contributed by atoms with Crippen molar-refractivity contribution in [2.24, 2.45) is 23.7 Å². The van der Waals surface area contributed by atoms with Gasteiger partial charge in [0.1, 0.15) is 0 Å². The fraction of sp³-hybridized carbons (Fsp3) is 0.182. The van der Waals surface area contributed by atoms with E-state index in [4.69, 9.17) is 19.7 Å². The SMILES string of the molecule is c1ccc(-c2nc(-c3ccc(N4c5ccccc5Oc5ccccc54)cc3)nc(-c3ccc4c(c3)C3(c5ccccc5N4c4ccccc4)C4CC5CC(C4)CC3C5)n2)cc1. The summed E-state index contributed by atoms with van der Waals surface area (Å²) in [6, 6.07) is 62.6. The van der Waals surface area contributed by atoms with Crippen LogP contribution in [0.1, 0.15) is 43.2 Å². The molecule has 61 heavy (non-hydrogen) atoms. The number of aromatic nitrogens is 3. The Labute approximate surface area is 356 Å². The predicted octanol–water partition coefficient (Wildman–Crippen LogP) is 14.0. The summed E-state index contributed by atoms with van der Waals surface area (Å²) in [7, 11) is 0. The minimum Gasteiger partial charge on any atom is -0.453 e. The first-order valence-electron chi connectivity index (χ1n) is 21.9. The third-order valence-corrected chi connectivity index (χ3v) is 14.5. The van der Waals surface area contributed by atoms with Gasteiger partial charge in [0.2, 0.25) is 0 Å². The lowest BCUT2D eigenvalue weighted by molar-refractivity contribution is -0.0419. The first kappa shape index (κ1) is 34.8. The minimum atomic E-state index is -0.0642. The van der Waals surface area contributed by atoms with Gasteiger partial charge in [-0.05, 0) is 152 Å². The molecule has 4 saturated carbocycles. The Balaban J connectivity index is 0.972. The number of ether oxygens (including phenoxy) is 1. The molecule has 7 aromatic carbocycles. The van der Waals surface area contributed by atoms with Gasteiger partial charge in [0.05, 0.1) is 22.7 Å². The summed E-state index contributed by atoms with van der Waals surface area (Å²) >= 11 is 0. The zero-order chi connectivity index (χ0) is 40.1. The zero-order valence-corrected chi connectivity index (χ0v) is 33.7. The van der Waals surface area contributed by atoms with E-state index in [1.54, 1.807) is 0 Å².